The molecule has 2 N–H and O–H groups in total. The molecule has 2 atom stereocenters. The number of aliphatic hydroxyl groups excluding tert-OH is 2. The Labute approximate surface area is 104 Å². The molecule has 3 nitrogen and oxygen atoms in total. The summed E-state index contributed by atoms with van der Waals surface area (Å²) >= 11 is 0. The van der Waals surface area contributed by atoms with Crippen LogP contribution in [0.1, 0.15) is 31.2 Å². The van der Waals surface area contributed by atoms with Crippen molar-refractivity contribution in [3.63, 3.8) is 0 Å². The molecule has 0 heterocycles. The highest BCUT2D eigenvalue weighted by molar-refractivity contribution is 5.31. The largest absolute Gasteiger partial charge is 0.482 e. The molecule has 1 aromatic carbocycles. The first-order chi connectivity index (χ1) is 8.61. The van der Waals surface area contributed by atoms with Crippen LogP contribution in [0.5, 0.6) is 5.75 Å². The van der Waals surface area contributed by atoms with Crippen LogP contribution < -0.4 is 4.74 Å². The average Bonchev–Trinajstić information content (AvgIpc) is 2.35. The maximum Gasteiger partial charge on any atom is 0.191 e. The SMILES string of the molecule is OCc1cc(F)c(OC2CCCCC2O)c(F)c1. The van der Waals surface area contributed by atoms with Crippen molar-refractivity contribution in [3.05, 3.63) is 29.3 Å². The Bertz CT molecular complexity index is 400. The third-order valence-electron chi connectivity index (χ3n) is 3.18. The van der Waals surface area contributed by atoms with E-state index in [0.717, 1.165) is 25.0 Å². The quantitative estimate of drug-likeness (QED) is 0.873. The molecule has 0 aliphatic heterocycles. The zero-order chi connectivity index (χ0) is 13.1. The molecular weight excluding hydrogens is 242 g/mol. The lowest BCUT2D eigenvalue weighted by atomic mass is 9.95. The first-order valence-corrected chi connectivity index (χ1v) is 6.05. The van der Waals surface area contributed by atoms with E-state index in [2.05, 4.69) is 0 Å². The third-order valence-corrected chi connectivity index (χ3v) is 3.18. The lowest BCUT2D eigenvalue weighted by Crippen LogP contribution is -2.35. The molecule has 0 bridgehead atoms. The number of ether oxygens (including phenoxy) is 1. The molecule has 1 aliphatic carbocycles. The molecule has 1 aliphatic rings. The van der Waals surface area contributed by atoms with Crippen molar-refractivity contribution in [1.29, 1.82) is 0 Å². The summed E-state index contributed by atoms with van der Waals surface area (Å²) in [6.45, 7) is -0.430. The molecule has 0 saturated heterocycles. The van der Waals surface area contributed by atoms with E-state index >= 15 is 0 Å². The summed E-state index contributed by atoms with van der Waals surface area (Å²) in [5, 5.41) is 18.5. The maximum absolute atomic E-state index is 13.6. The molecule has 0 amide bonds. The maximum atomic E-state index is 13.6. The average molecular weight is 258 g/mol. The van der Waals surface area contributed by atoms with E-state index in [-0.39, 0.29) is 5.56 Å². The lowest BCUT2D eigenvalue weighted by molar-refractivity contribution is 0.00293. The van der Waals surface area contributed by atoms with E-state index in [4.69, 9.17) is 9.84 Å². The van der Waals surface area contributed by atoms with Gasteiger partial charge in [0.1, 0.15) is 6.10 Å². The van der Waals surface area contributed by atoms with Gasteiger partial charge in [-0.1, -0.05) is 6.42 Å². The van der Waals surface area contributed by atoms with Crippen LogP contribution in [0.4, 0.5) is 8.78 Å². The van der Waals surface area contributed by atoms with Crippen molar-refractivity contribution in [2.24, 2.45) is 0 Å². The second-order valence-electron chi connectivity index (χ2n) is 4.55. The fourth-order valence-electron chi connectivity index (χ4n) is 2.18. The summed E-state index contributed by atoms with van der Waals surface area (Å²) in [5.41, 5.74) is 0.154. The van der Waals surface area contributed by atoms with Crippen LogP contribution in [0.15, 0.2) is 12.1 Å². The minimum atomic E-state index is -0.850. The van der Waals surface area contributed by atoms with Gasteiger partial charge in [-0.25, -0.2) is 8.78 Å². The first kappa shape index (κ1) is 13.2. The Morgan fingerprint density at radius 1 is 1.17 bits per heavy atom. The summed E-state index contributed by atoms with van der Waals surface area (Å²) in [6.07, 6.45) is 1.69. The van der Waals surface area contributed by atoms with Gasteiger partial charge in [0, 0.05) is 0 Å². The van der Waals surface area contributed by atoms with E-state index in [0.29, 0.717) is 12.8 Å². The molecule has 18 heavy (non-hydrogen) atoms. The molecule has 2 unspecified atom stereocenters. The van der Waals surface area contributed by atoms with Crippen LogP contribution in [0.2, 0.25) is 0 Å². The van der Waals surface area contributed by atoms with Crippen molar-refractivity contribution >= 4 is 0 Å². The molecule has 0 aromatic heterocycles. The van der Waals surface area contributed by atoms with Gasteiger partial charge in [0.2, 0.25) is 0 Å². The van der Waals surface area contributed by atoms with Gasteiger partial charge in [-0.2, -0.15) is 0 Å². The molecule has 1 fully saturated rings. The first-order valence-electron chi connectivity index (χ1n) is 6.05. The highest BCUT2D eigenvalue weighted by Crippen LogP contribution is 2.28. The second kappa shape index (κ2) is 5.63. The number of hydrogen-bond acceptors (Lipinski definition) is 3. The van der Waals surface area contributed by atoms with Crippen LogP contribution in [-0.4, -0.2) is 22.4 Å². The van der Waals surface area contributed by atoms with Gasteiger partial charge in [-0.3, -0.25) is 0 Å². The highest BCUT2D eigenvalue weighted by Gasteiger charge is 2.27. The van der Waals surface area contributed by atoms with Crippen molar-refractivity contribution in [3.8, 4) is 5.75 Å². The molecule has 0 spiro atoms. The zero-order valence-corrected chi connectivity index (χ0v) is 9.90. The van der Waals surface area contributed by atoms with Gasteiger partial charge >= 0.3 is 0 Å². The summed E-state index contributed by atoms with van der Waals surface area (Å²) in [4.78, 5) is 0. The minimum absolute atomic E-state index is 0.154. The topological polar surface area (TPSA) is 49.7 Å². The van der Waals surface area contributed by atoms with Gasteiger partial charge in [-0.15, -0.1) is 0 Å². The van der Waals surface area contributed by atoms with Crippen molar-refractivity contribution < 1.29 is 23.7 Å². The van der Waals surface area contributed by atoms with Crippen molar-refractivity contribution in [2.75, 3.05) is 0 Å². The van der Waals surface area contributed by atoms with Gasteiger partial charge in [0.05, 0.1) is 12.7 Å². The zero-order valence-electron chi connectivity index (χ0n) is 9.90. The minimum Gasteiger partial charge on any atom is -0.482 e. The second-order valence-corrected chi connectivity index (χ2v) is 4.55. The normalized spacial score (nSPS) is 24.0. The Hall–Kier alpha value is -1.20. The fraction of sp³-hybridized carbons (Fsp3) is 0.538. The molecule has 1 saturated carbocycles. The van der Waals surface area contributed by atoms with Crippen LogP contribution in [0, 0.1) is 11.6 Å². The molecule has 100 valence electrons. The van der Waals surface area contributed by atoms with Gasteiger partial charge in [0.25, 0.3) is 0 Å². The lowest BCUT2D eigenvalue weighted by Gasteiger charge is -2.28. The van der Waals surface area contributed by atoms with Gasteiger partial charge in [0.15, 0.2) is 17.4 Å². The molecule has 2 rings (SSSR count). The van der Waals surface area contributed by atoms with Crippen LogP contribution >= 0.6 is 0 Å². The Balaban J connectivity index is 2.18. The molecular formula is C13H16F2O3. The number of rotatable bonds is 3. The van der Waals surface area contributed by atoms with Crippen molar-refractivity contribution in [1.82, 2.24) is 0 Å². The predicted molar refractivity (Wildman–Crippen MR) is 61.2 cm³/mol. The Morgan fingerprint density at radius 3 is 2.33 bits per heavy atom. The number of benzene rings is 1. The predicted octanol–water partition coefficient (Wildman–Crippen LogP) is 2.14. The van der Waals surface area contributed by atoms with Gasteiger partial charge < -0.3 is 14.9 Å². The monoisotopic (exact) mass is 258 g/mol. The third kappa shape index (κ3) is 2.79. The van der Waals surface area contributed by atoms with Gasteiger partial charge in [-0.05, 0) is 37.0 Å². The van der Waals surface area contributed by atoms with E-state index in [9.17, 15) is 13.9 Å². The smallest absolute Gasteiger partial charge is 0.191 e. The molecule has 1 aromatic rings. The summed E-state index contributed by atoms with van der Waals surface area (Å²) in [6, 6.07) is 2.07. The number of aliphatic hydroxyl groups is 2. The molecule has 0 radical (unpaired) electrons. The standard InChI is InChI=1S/C13H16F2O3/c14-9-5-8(7-16)6-10(15)13(9)18-12-4-2-1-3-11(12)17/h5-6,11-12,16-17H,1-4,7H2. The number of hydrogen-bond donors (Lipinski definition) is 2. The summed E-state index contributed by atoms with van der Waals surface area (Å²) in [7, 11) is 0. The summed E-state index contributed by atoms with van der Waals surface area (Å²) in [5.74, 6) is -2.17. The van der Waals surface area contributed by atoms with E-state index < -0.39 is 36.2 Å². The Morgan fingerprint density at radius 2 is 1.78 bits per heavy atom. The fourth-order valence-corrected chi connectivity index (χ4v) is 2.18. The van der Waals surface area contributed by atoms with E-state index in [1.165, 1.54) is 0 Å². The number of halogens is 2. The van der Waals surface area contributed by atoms with Crippen molar-refractivity contribution in [2.45, 2.75) is 44.5 Å². The Kier molecular flexibility index (Phi) is 4.14. The summed E-state index contributed by atoms with van der Waals surface area (Å²) < 4.78 is 32.5. The highest BCUT2D eigenvalue weighted by atomic mass is 19.1. The molecule has 5 heteroatoms. The van der Waals surface area contributed by atoms with Crippen LogP contribution in [-0.2, 0) is 6.61 Å². The van der Waals surface area contributed by atoms with E-state index in [1.54, 1.807) is 0 Å². The van der Waals surface area contributed by atoms with Crippen LogP contribution in [0.3, 0.4) is 0 Å². The van der Waals surface area contributed by atoms with Crippen LogP contribution in [0.25, 0.3) is 0 Å². The van der Waals surface area contributed by atoms with E-state index in [1.807, 2.05) is 0 Å².